The van der Waals surface area contributed by atoms with Crippen molar-refractivity contribution in [3.8, 4) is 5.75 Å². The van der Waals surface area contributed by atoms with E-state index in [0.717, 1.165) is 44.9 Å². The lowest BCUT2D eigenvalue weighted by molar-refractivity contribution is -0.177. The molecule has 1 amide bonds. The van der Waals surface area contributed by atoms with Crippen LogP contribution in [0.15, 0.2) is 24.3 Å². The molecular weight excluding hydrogens is 334 g/mol. The van der Waals surface area contributed by atoms with Gasteiger partial charge in [0.2, 0.25) is 5.91 Å². The van der Waals surface area contributed by atoms with Crippen LogP contribution in [-0.4, -0.2) is 96.9 Å². The van der Waals surface area contributed by atoms with Crippen molar-refractivity contribution in [1.82, 2.24) is 14.7 Å². The Bertz CT molecular complexity index is 662. The largest absolute Gasteiger partial charge is 0.508 e. The monoisotopic (exact) mass is 361 g/mol. The number of rotatable bonds is 4. The van der Waals surface area contributed by atoms with Crippen LogP contribution in [0.25, 0.3) is 0 Å². The highest BCUT2D eigenvalue weighted by molar-refractivity contribution is 5.77. The summed E-state index contributed by atoms with van der Waals surface area (Å²) in [6.45, 7) is 6.46. The molecule has 1 aromatic carbocycles. The first-order valence-electron chi connectivity index (χ1n) is 9.22. The van der Waals surface area contributed by atoms with Crippen LogP contribution < -0.4 is 0 Å². The number of piperazine rings is 1. The van der Waals surface area contributed by atoms with E-state index in [1.165, 1.54) is 0 Å². The molecule has 3 fully saturated rings. The van der Waals surface area contributed by atoms with Crippen LogP contribution in [0.2, 0.25) is 0 Å². The lowest BCUT2D eigenvalue weighted by Gasteiger charge is -2.63. The van der Waals surface area contributed by atoms with Gasteiger partial charge in [0.1, 0.15) is 12.4 Å². The van der Waals surface area contributed by atoms with E-state index in [1.807, 2.05) is 23.1 Å². The Morgan fingerprint density at radius 3 is 2.92 bits per heavy atom. The summed E-state index contributed by atoms with van der Waals surface area (Å²) in [5.74, 6) is 0.398. The van der Waals surface area contributed by atoms with E-state index < -0.39 is 0 Å². The Balaban J connectivity index is 1.47. The van der Waals surface area contributed by atoms with Crippen molar-refractivity contribution in [3.05, 3.63) is 29.8 Å². The van der Waals surface area contributed by atoms with Gasteiger partial charge in [-0.15, -0.1) is 0 Å². The zero-order chi connectivity index (χ0) is 18.1. The number of carbonyl (C=O) groups excluding carboxylic acids is 1. The average Bonchev–Trinajstić information content (AvgIpc) is 2.62. The minimum absolute atomic E-state index is 0.0134. The molecular formula is C19H27N3O4. The van der Waals surface area contributed by atoms with Crippen molar-refractivity contribution < 1.29 is 19.4 Å². The van der Waals surface area contributed by atoms with Gasteiger partial charge in [0, 0.05) is 51.9 Å². The number of methoxy groups -OCH3 is 1. The normalized spacial score (nSPS) is 25.7. The van der Waals surface area contributed by atoms with Crippen LogP contribution in [0.3, 0.4) is 0 Å². The fourth-order valence-electron chi connectivity index (χ4n) is 4.67. The molecule has 7 nitrogen and oxygen atoms in total. The van der Waals surface area contributed by atoms with Crippen molar-refractivity contribution in [2.24, 2.45) is 0 Å². The minimum Gasteiger partial charge on any atom is -0.508 e. The Morgan fingerprint density at radius 2 is 2.15 bits per heavy atom. The second-order valence-corrected chi connectivity index (χ2v) is 7.63. The number of morpholine rings is 1. The number of phenols is 1. The van der Waals surface area contributed by atoms with Gasteiger partial charge in [-0.25, -0.2) is 0 Å². The zero-order valence-corrected chi connectivity index (χ0v) is 15.3. The third kappa shape index (κ3) is 3.20. The molecule has 3 aliphatic heterocycles. The number of fused-ring (bicyclic) bond motifs is 2. The van der Waals surface area contributed by atoms with Crippen LogP contribution in [0, 0.1) is 0 Å². The van der Waals surface area contributed by atoms with E-state index in [-0.39, 0.29) is 24.1 Å². The molecule has 1 spiro atoms. The summed E-state index contributed by atoms with van der Waals surface area (Å²) in [5.41, 5.74) is 0.935. The number of likely N-dealkylation sites (tertiary alicyclic amines) is 1. The van der Waals surface area contributed by atoms with E-state index in [9.17, 15) is 9.90 Å². The summed E-state index contributed by atoms with van der Waals surface area (Å²) in [5, 5.41) is 10.0. The van der Waals surface area contributed by atoms with Crippen molar-refractivity contribution >= 4 is 5.91 Å². The number of amides is 1. The van der Waals surface area contributed by atoms with Gasteiger partial charge in [-0.1, -0.05) is 18.2 Å². The van der Waals surface area contributed by atoms with Crippen LogP contribution in [-0.2, 0) is 20.8 Å². The molecule has 0 aliphatic carbocycles. The molecule has 3 saturated heterocycles. The number of hydrogen-bond acceptors (Lipinski definition) is 6. The van der Waals surface area contributed by atoms with E-state index in [2.05, 4.69) is 9.80 Å². The summed E-state index contributed by atoms with van der Waals surface area (Å²) in [6, 6.07) is 7.75. The van der Waals surface area contributed by atoms with Gasteiger partial charge in [-0.2, -0.15) is 0 Å². The molecule has 0 aromatic heterocycles. The van der Waals surface area contributed by atoms with Gasteiger partial charge in [0.25, 0.3) is 0 Å². The topological polar surface area (TPSA) is 65.5 Å². The molecule has 142 valence electrons. The highest BCUT2D eigenvalue weighted by Crippen LogP contribution is 2.37. The SMILES string of the molecule is COCC(=O)N1CC2COCCN2C2(CN(Cc3ccccc3O)C2)C1. The molecule has 26 heavy (non-hydrogen) atoms. The summed E-state index contributed by atoms with van der Waals surface area (Å²) in [4.78, 5) is 19.2. The fourth-order valence-corrected chi connectivity index (χ4v) is 4.67. The summed E-state index contributed by atoms with van der Waals surface area (Å²) in [6.07, 6.45) is 0. The molecule has 0 radical (unpaired) electrons. The second kappa shape index (κ2) is 7.15. The highest BCUT2D eigenvalue weighted by Gasteiger charge is 2.54. The Hall–Kier alpha value is -1.67. The second-order valence-electron chi connectivity index (χ2n) is 7.63. The third-order valence-corrected chi connectivity index (χ3v) is 5.80. The maximum absolute atomic E-state index is 12.4. The van der Waals surface area contributed by atoms with Crippen LogP contribution >= 0.6 is 0 Å². The van der Waals surface area contributed by atoms with E-state index in [4.69, 9.17) is 9.47 Å². The van der Waals surface area contributed by atoms with Crippen LogP contribution in [0.4, 0.5) is 0 Å². The molecule has 1 aromatic rings. The lowest BCUT2D eigenvalue weighted by atomic mass is 9.82. The Kier molecular flexibility index (Phi) is 4.88. The van der Waals surface area contributed by atoms with Gasteiger partial charge in [-0.3, -0.25) is 14.6 Å². The van der Waals surface area contributed by atoms with Gasteiger partial charge in [-0.05, 0) is 6.07 Å². The number of para-hydroxylation sites is 1. The third-order valence-electron chi connectivity index (χ3n) is 5.80. The number of phenolic OH excluding ortho intramolecular Hbond substituents is 1. The maximum Gasteiger partial charge on any atom is 0.248 e. The standard InChI is InChI=1S/C19H27N3O4/c1-25-11-18(24)21-9-16-10-26-7-6-22(16)19(14-21)12-20(13-19)8-15-4-2-3-5-17(15)23/h2-5,16,23H,6-14H2,1H3. The lowest BCUT2D eigenvalue weighted by Crippen LogP contribution is -2.80. The van der Waals surface area contributed by atoms with Crippen molar-refractivity contribution in [2.75, 3.05) is 59.7 Å². The van der Waals surface area contributed by atoms with Crippen molar-refractivity contribution in [2.45, 2.75) is 18.1 Å². The smallest absolute Gasteiger partial charge is 0.248 e. The van der Waals surface area contributed by atoms with Gasteiger partial charge in [0.15, 0.2) is 0 Å². The molecule has 4 rings (SSSR count). The number of aromatic hydroxyl groups is 1. The predicted octanol–water partition coefficient (Wildman–Crippen LogP) is 0.136. The molecule has 1 unspecified atom stereocenters. The first-order valence-corrected chi connectivity index (χ1v) is 9.22. The van der Waals surface area contributed by atoms with E-state index in [1.54, 1.807) is 13.2 Å². The average molecular weight is 361 g/mol. The minimum atomic E-state index is -0.0134. The number of hydrogen-bond donors (Lipinski definition) is 1. The predicted molar refractivity (Wildman–Crippen MR) is 95.9 cm³/mol. The van der Waals surface area contributed by atoms with Gasteiger partial charge < -0.3 is 19.5 Å². The molecule has 1 atom stereocenters. The molecule has 3 aliphatic rings. The Labute approximate surface area is 154 Å². The zero-order valence-electron chi connectivity index (χ0n) is 15.3. The summed E-state index contributed by atoms with van der Waals surface area (Å²) < 4.78 is 10.7. The molecule has 0 bridgehead atoms. The first-order chi connectivity index (χ1) is 12.6. The summed E-state index contributed by atoms with van der Waals surface area (Å²) >= 11 is 0. The summed E-state index contributed by atoms with van der Waals surface area (Å²) in [7, 11) is 1.56. The van der Waals surface area contributed by atoms with Gasteiger partial charge >= 0.3 is 0 Å². The highest BCUT2D eigenvalue weighted by atomic mass is 16.5. The number of carbonyl (C=O) groups is 1. The number of benzene rings is 1. The van der Waals surface area contributed by atoms with E-state index in [0.29, 0.717) is 18.9 Å². The van der Waals surface area contributed by atoms with Crippen molar-refractivity contribution in [1.29, 1.82) is 0 Å². The quantitative estimate of drug-likeness (QED) is 0.823. The maximum atomic E-state index is 12.4. The molecule has 7 heteroatoms. The van der Waals surface area contributed by atoms with Crippen LogP contribution in [0.5, 0.6) is 5.75 Å². The Morgan fingerprint density at radius 1 is 1.35 bits per heavy atom. The van der Waals surface area contributed by atoms with Crippen LogP contribution in [0.1, 0.15) is 5.56 Å². The van der Waals surface area contributed by atoms with E-state index >= 15 is 0 Å². The fraction of sp³-hybridized carbons (Fsp3) is 0.632. The van der Waals surface area contributed by atoms with Gasteiger partial charge in [0.05, 0.1) is 24.8 Å². The number of ether oxygens (including phenoxy) is 2. The first kappa shape index (κ1) is 17.7. The molecule has 3 heterocycles. The molecule has 0 saturated carbocycles. The molecule has 1 N–H and O–H groups in total. The van der Waals surface area contributed by atoms with Crippen molar-refractivity contribution in [3.63, 3.8) is 0 Å². The number of nitrogens with zero attached hydrogens (tertiary/aromatic N) is 3.